The van der Waals surface area contributed by atoms with Gasteiger partial charge in [0, 0.05) is 18.3 Å². The van der Waals surface area contributed by atoms with Crippen molar-refractivity contribution in [3.63, 3.8) is 0 Å². The maximum absolute atomic E-state index is 12.8. The number of carbonyl (C=O) groups excluding carboxylic acids is 1. The average Bonchev–Trinajstić information content (AvgIpc) is 3.23. The summed E-state index contributed by atoms with van der Waals surface area (Å²) in [5.41, 5.74) is 5.74. The molecule has 6 heteroatoms. The van der Waals surface area contributed by atoms with Gasteiger partial charge in [0.25, 0.3) is 0 Å². The van der Waals surface area contributed by atoms with Crippen molar-refractivity contribution in [2.45, 2.75) is 26.8 Å². The summed E-state index contributed by atoms with van der Waals surface area (Å²) in [5.74, 6) is 0.824. The zero-order chi connectivity index (χ0) is 19.7. The first-order chi connectivity index (χ1) is 13.5. The Hall–Kier alpha value is -3.41. The lowest BCUT2D eigenvalue weighted by atomic mass is 10.1. The van der Waals surface area contributed by atoms with Crippen molar-refractivity contribution in [2.24, 2.45) is 0 Å². The van der Waals surface area contributed by atoms with Crippen LogP contribution < -0.4 is 0 Å². The molecular weight excluding hydrogens is 350 g/mol. The van der Waals surface area contributed by atoms with Crippen molar-refractivity contribution in [1.82, 2.24) is 24.6 Å². The maximum atomic E-state index is 12.8. The highest BCUT2D eigenvalue weighted by Gasteiger charge is 2.19. The maximum Gasteiger partial charge on any atom is 0.227 e. The molecule has 2 heterocycles. The predicted octanol–water partition coefficient (Wildman–Crippen LogP) is 3.57. The van der Waals surface area contributed by atoms with E-state index < -0.39 is 0 Å². The second-order valence-electron chi connectivity index (χ2n) is 7.02. The molecule has 2 aromatic carbocycles. The van der Waals surface area contributed by atoms with Crippen LogP contribution in [0.15, 0.2) is 54.6 Å². The van der Waals surface area contributed by atoms with Gasteiger partial charge in [0.2, 0.25) is 5.91 Å². The molecule has 0 radical (unpaired) electrons. The summed E-state index contributed by atoms with van der Waals surface area (Å²) in [5, 5.41) is 4.63. The standard InChI is InChI=1S/C22H23N5O/c1-15-18(16(2)27(25-15)17-9-5-4-6-10-17)13-22(28)26(3)14-21-23-19-11-7-8-12-20(19)24-21/h4-12H,13-14H2,1-3H3,(H,23,24). The lowest BCUT2D eigenvalue weighted by Crippen LogP contribution is -2.28. The summed E-state index contributed by atoms with van der Waals surface area (Å²) in [6.45, 7) is 4.40. The van der Waals surface area contributed by atoms with Crippen LogP contribution in [-0.2, 0) is 17.8 Å². The minimum Gasteiger partial charge on any atom is -0.340 e. The first-order valence-corrected chi connectivity index (χ1v) is 9.31. The summed E-state index contributed by atoms with van der Waals surface area (Å²) in [6, 6.07) is 17.8. The molecule has 6 nitrogen and oxygen atoms in total. The second-order valence-corrected chi connectivity index (χ2v) is 7.02. The van der Waals surface area contributed by atoms with E-state index in [-0.39, 0.29) is 5.91 Å². The number of nitrogens with one attached hydrogen (secondary N) is 1. The molecule has 0 aliphatic rings. The third-order valence-electron chi connectivity index (χ3n) is 5.02. The van der Waals surface area contributed by atoms with E-state index in [0.29, 0.717) is 13.0 Å². The van der Waals surface area contributed by atoms with Gasteiger partial charge in [-0.3, -0.25) is 4.79 Å². The molecule has 0 atom stereocenters. The largest absolute Gasteiger partial charge is 0.340 e. The highest BCUT2D eigenvalue weighted by molar-refractivity contribution is 5.79. The van der Waals surface area contributed by atoms with Crippen LogP contribution in [0.5, 0.6) is 0 Å². The van der Waals surface area contributed by atoms with Gasteiger partial charge >= 0.3 is 0 Å². The molecule has 0 saturated heterocycles. The molecule has 0 bridgehead atoms. The van der Waals surface area contributed by atoms with Gasteiger partial charge in [0.15, 0.2) is 0 Å². The number of hydrogen-bond donors (Lipinski definition) is 1. The van der Waals surface area contributed by atoms with Crippen LogP contribution >= 0.6 is 0 Å². The topological polar surface area (TPSA) is 66.8 Å². The zero-order valence-electron chi connectivity index (χ0n) is 16.3. The first kappa shape index (κ1) is 18.0. The summed E-state index contributed by atoms with van der Waals surface area (Å²) in [6.07, 6.45) is 0.321. The third-order valence-corrected chi connectivity index (χ3v) is 5.02. The van der Waals surface area contributed by atoms with E-state index in [1.807, 2.05) is 80.2 Å². The molecule has 0 spiro atoms. The van der Waals surface area contributed by atoms with Gasteiger partial charge in [-0.15, -0.1) is 0 Å². The molecule has 0 saturated carbocycles. The van der Waals surface area contributed by atoms with Crippen molar-refractivity contribution in [3.8, 4) is 5.69 Å². The monoisotopic (exact) mass is 373 g/mol. The van der Waals surface area contributed by atoms with Crippen molar-refractivity contribution in [1.29, 1.82) is 0 Å². The van der Waals surface area contributed by atoms with Crippen LogP contribution in [-0.4, -0.2) is 37.6 Å². The molecule has 1 amide bonds. The van der Waals surface area contributed by atoms with E-state index in [4.69, 9.17) is 0 Å². The third kappa shape index (κ3) is 3.41. The van der Waals surface area contributed by atoms with Crippen LogP contribution in [0.4, 0.5) is 0 Å². The number of para-hydroxylation sites is 3. The number of fused-ring (bicyclic) bond motifs is 1. The van der Waals surface area contributed by atoms with Gasteiger partial charge in [-0.2, -0.15) is 5.10 Å². The highest BCUT2D eigenvalue weighted by Crippen LogP contribution is 2.19. The molecule has 0 aliphatic carbocycles. The number of carbonyl (C=O) groups is 1. The van der Waals surface area contributed by atoms with Gasteiger partial charge in [0.05, 0.1) is 35.4 Å². The Kier molecular flexibility index (Phi) is 4.69. The number of likely N-dealkylation sites (N-methyl/N-ethyl adjacent to an activating group) is 1. The quantitative estimate of drug-likeness (QED) is 0.582. The SMILES string of the molecule is Cc1nn(-c2ccccc2)c(C)c1CC(=O)N(C)Cc1nc2ccccc2[nH]1. The Morgan fingerprint density at radius 1 is 1.07 bits per heavy atom. The van der Waals surface area contributed by atoms with Gasteiger partial charge in [0.1, 0.15) is 5.82 Å². The number of nitrogens with zero attached hydrogens (tertiary/aromatic N) is 4. The fourth-order valence-corrected chi connectivity index (χ4v) is 3.43. The number of aromatic nitrogens is 4. The zero-order valence-corrected chi connectivity index (χ0v) is 16.3. The molecule has 0 fully saturated rings. The second kappa shape index (κ2) is 7.31. The Bertz CT molecular complexity index is 1090. The summed E-state index contributed by atoms with van der Waals surface area (Å²) >= 11 is 0. The van der Waals surface area contributed by atoms with Gasteiger partial charge < -0.3 is 9.88 Å². The molecule has 142 valence electrons. The molecule has 28 heavy (non-hydrogen) atoms. The minimum atomic E-state index is 0.0410. The Morgan fingerprint density at radius 2 is 1.79 bits per heavy atom. The van der Waals surface area contributed by atoms with Crippen molar-refractivity contribution in [3.05, 3.63) is 77.4 Å². The van der Waals surface area contributed by atoms with Crippen LogP contribution in [0.3, 0.4) is 0 Å². The fraction of sp³-hybridized carbons (Fsp3) is 0.227. The van der Waals surface area contributed by atoms with Gasteiger partial charge in [-0.25, -0.2) is 9.67 Å². The van der Waals surface area contributed by atoms with Gasteiger partial charge in [-0.1, -0.05) is 30.3 Å². The lowest BCUT2D eigenvalue weighted by Gasteiger charge is -2.16. The molecule has 0 unspecified atom stereocenters. The number of H-pyrrole nitrogens is 1. The Balaban J connectivity index is 1.51. The van der Waals surface area contributed by atoms with Gasteiger partial charge in [-0.05, 0) is 38.1 Å². The number of aromatic amines is 1. The number of imidazole rings is 1. The smallest absolute Gasteiger partial charge is 0.227 e. The highest BCUT2D eigenvalue weighted by atomic mass is 16.2. The van der Waals surface area contributed by atoms with Crippen LogP contribution in [0, 0.1) is 13.8 Å². The minimum absolute atomic E-state index is 0.0410. The fourth-order valence-electron chi connectivity index (χ4n) is 3.43. The lowest BCUT2D eigenvalue weighted by molar-refractivity contribution is -0.129. The summed E-state index contributed by atoms with van der Waals surface area (Å²) in [4.78, 5) is 22.4. The van der Waals surface area contributed by atoms with E-state index in [0.717, 1.165) is 39.5 Å². The predicted molar refractivity (Wildman–Crippen MR) is 109 cm³/mol. The van der Waals surface area contributed by atoms with E-state index >= 15 is 0 Å². The average molecular weight is 373 g/mol. The first-order valence-electron chi connectivity index (χ1n) is 9.31. The Morgan fingerprint density at radius 3 is 2.54 bits per heavy atom. The van der Waals surface area contributed by atoms with E-state index in [2.05, 4.69) is 15.1 Å². The van der Waals surface area contributed by atoms with Crippen molar-refractivity contribution in [2.75, 3.05) is 7.05 Å². The number of hydrogen-bond acceptors (Lipinski definition) is 3. The normalized spacial score (nSPS) is 11.1. The van der Waals surface area contributed by atoms with Crippen LogP contribution in [0.2, 0.25) is 0 Å². The van der Waals surface area contributed by atoms with E-state index in [9.17, 15) is 4.79 Å². The van der Waals surface area contributed by atoms with E-state index in [1.54, 1.807) is 4.90 Å². The summed E-state index contributed by atoms with van der Waals surface area (Å²) in [7, 11) is 1.81. The molecule has 1 N–H and O–H groups in total. The molecule has 0 aliphatic heterocycles. The number of amides is 1. The number of rotatable bonds is 5. The number of benzene rings is 2. The Labute approximate surface area is 163 Å². The molecule has 4 aromatic rings. The van der Waals surface area contributed by atoms with Crippen molar-refractivity contribution >= 4 is 16.9 Å². The van der Waals surface area contributed by atoms with E-state index in [1.165, 1.54) is 0 Å². The molecular formula is C22H23N5O. The summed E-state index contributed by atoms with van der Waals surface area (Å²) < 4.78 is 1.90. The molecule has 2 aromatic heterocycles. The van der Waals surface area contributed by atoms with Crippen molar-refractivity contribution < 1.29 is 4.79 Å². The number of aryl methyl sites for hydroxylation is 1. The molecule has 4 rings (SSSR count). The van der Waals surface area contributed by atoms with Crippen LogP contribution in [0.1, 0.15) is 22.8 Å². The van der Waals surface area contributed by atoms with Crippen LogP contribution in [0.25, 0.3) is 16.7 Å².